The molecular formula is C12H17NO. The molecule has 1 aromatic carbocycles. The van der Waals surface area contributed by atoms with Gasteiger partial charge in [0.15, 0.2) is 0 Å². The van der Waals surface area contributed by atoms with Crippen molar-refractivity contribution in [3.05, 3.63) is 35.9 Å². The number of hydrogen-bond donors (Lipinski definition) is 1. The van der Waals surface area contributed by atoms with Crippen molar-refractivity contribution in [1.82, 2.24) is 5.32 Å². The highest BCUT2D eigenvalue weighted by atomic mass is 16.5. The zero-order chi connectivity index (χ0) is 9.80. The van der Waals surface area contributed by atoms with Crippen molar-refractivity contribution in [2.75, 3.05) is 20.2 Å². The molecule has 0 aliphatic carbocycles. The quantitative estimate of drug-likeness (QED) is 0.781. The summed E-state index contributed by atoms with van der Waals surface area (Å²) in [7, 11) is 1.80. The molecule has 0 radical (unpaired) electrons. The highest BCUT2D eigenvalue weighted by Gasteiger charge is 2.26. The van der Waals surface area contributed by atoms with E-state index in [0.29, 0.717) is 12.0 Å². The van der Waals surface area contributed by atoms with Crippen LogP contribution in [0.5, 0.6) is 0 Å². The normalized spacial score (nSPS) is 26.6. The van der Waals surface area contributed by atoms with Gasteiger partial charge in [0.25, 0.3) is 0 Å². The average molecular weight is 191 g/mol. The number of nitrogens with one attached hydrogen (secondary N) is 1. The van der Waals surface area contributed by atoms with Crippen molar-refractivity contribution >= 4 is 0 Å². The van der Waals surface area contributed by atoms with E-state index in [2.05, 4.69) is 35.6 Å². The molecule has 1 saturated heterocycles. The van der Waals surface area contributed by atoms with Crippen LogP contribution in [0.15, 0.2) is 30.3 Å². The summed E-state index contributed by atoms with van der Waals surface area (Å²) in [6.07, 6.45) is 1.50. The van der Waals surface area contributed by atoms with Crippen molar-refractivity contribution in [1.29, 1.82) is 0 Å². The van der Waals surface area contributed by atoms with Gasteiger partial charge in [-0.1, -0.05) is 30.3 Å². The van der Waals surface area contributed by atoms with E-state index in [1.807, 2.05) is 0 Å². The van der Waals surface area contributed by atoms with Crippen molar-refractivity contribution in [3.63, 3.8) is 0 Å². The van der Waals surface area contributed by atoms with Gasteiger partial charge < -0.3 is 10.1 Å². The van der Waals surface area contributed by atoms with Gasteiger partial charge in [-0.3, -0.25) is 0 Å². The minimum absolute atomic E-state index is 0.384. The number of ether oxygens (including phenoxy) is 1. The predicted molar refractivity (Wildman–Crippen MR) is 57.3 cm³/mol. The summed E-state index contributed by atoms with van der Waals surface area (Å²) in [5, 5.41) is 3.37. The number of hydrogen-bond acceptors (Lipinski definition) is 2. The lowest BCUT2D eigenvalue weighted by molar-refractivity contribution is 0.0832. The first-order valence-corrected chi connectivity index (χ1v) is 5.17. The Bertz CT molecular complexity index is 273. The van der Waals surface area contributed by atoms with E-state index in [9.17, 15) is 0 Å². The van der Waals surface area contributed by atoms with Crippen LogP contribution in [0.25, 0.3) is 0 Å². The second-order valence-electron chi connectivity index (χ2n) is 3.88. The fourth-order valence-corrected chi connectivity index (χ4v) is 2.11. The van der Waals surface area contributed by atoms with Gasteiger partial charge in [-0.15, -0.1) is 0 Å². The number of benzene rings is 1. The molecule has 1 N–H and O–H groups in total. The largest absolute Gasteiger partial charge is 0.380 e. The van der Waals surface area contributed by atoms with Crippen molar-refractivity contribution < 1.29 is 4.74 Å². The molecule has 0 amide bonds. The molecule has 0 aromatic heterocycles. The van der Waals surface area contributed by atoms with Crippen LogP contribution in [0, 0.1) is 5.92 Å². The molecule has 0 saturated carbocycles. The average Bonchev–Trinajstić information content (AvgIpc) is 2.67. The second-order valence-corrected chi connectivity index (χ2v) is 3.88. The summed E-state index contributed by atoms with van der Waals surface area (Å²) < 4.78 is 5.43. The van der Waals surface area contributed by atoms with Gasteiger partial charge in [0, 0.05) is 26.1 Å². The van der Waals surface area contributed by atoms with Gasteiger partial charge >= 0.3 is 0 Å². The molecule has 2 heteroatoms. The summed E-state index contributed by atoms with van der Waals surface area (Å²) in [6.45, 7) is 2.07. The van der Waals surface area contributed by atoms with Gasteiger partial charge in [0.05, 0.1) is 6.10 Å². The van der Waals surface area contributed by atoms with Crippen LogP contribution in [-0.2, 0) is 11.2 Å². The zero-order valence-electron chi connectivity index (χ0n) is 8.57. The first-order chi connectivity index (χ1) is 6.90. The smallest absolute Gasteiger partial charge is 0.0739 e. The molecule has 1 aromatic rings. The van der Waals surface area contributed by atoms with Crippen molar-refractivity contribution in [3.8, 4) is 0 Å². The fraction of sp³-hybridized carbons (Fsp3) is 0.500. The van der Waals surface area contributed by atoms with Crippen LogP contribution in [0.4, 0.5) is 0 Å². The molecule has 14 heavy (non-hydrogen) atoms. The lowest BCUT2D eigenvalue weighted by atomic mass is 9.97. The number of methoxy groups -OCH3 is 1. The highest BCUT2D eigenvalue weighted by molar-refractivity contribution is 5.16. The Morgan fingerprint density at radius 3 is 2.79 bits per heavy atom. The van der Waals surface area contributed by atoms with E-state index in [1.54, 1.807) is 7.11 Å². The molecule has 1 aliphatic heterocycles. The maximum absolute atomic E-state index is 5.43. The Morgan fingerprint density at radius 2 is 2.07 bits per heavy atom. The Kier molecular flexibility index (Phi) is 3.17. The van der Waals surface area contributed by atoms with Crippen LogP contribution in [-0.4, -0.2) is 26.3 Å². The summed E-state index contributed by atoms with van der Waals surface area (Å²) in [4.78, 5) is 0. The van der Waals surface area contributed by atoms with E-state index < -0.39 is 0 Å². The SMILES string of the molecule is CO[C@@H]1CNCC1Cc1ccccc1. The summed E-state index contributed by atoms with van der Waals surface area (Å²) in [5.74, 6) is 0.627. The third-order valence-electron chi connectivity index (χ3n) is 2.92. The molecule has 0 spiro atoms. The van der Waals surface area contributed by atoms with Crippen molar-refractivity contribution in [2.24, 2.45) is 5.92 Å². The predicted octanol–water partition coefficient (Wildman–Crippen LogP) is 1.46. The first kappa shape index (κ1) is 9.69. The maximum atomic E-state index is 5.43. The highest BCUT2D eigenvalue weighted by Crippen LogP contribution is 2.17. The van der Waals surface area contributed by atoms with Gasteiger partial charge in [0.1, 0.15) is 0 Å². The standard InChI is InChI=1S/C12H17NO/c1-14-12-9-13-8-11(12)7-10-5-3-2-4-6-10/h2-6,11-13H,7-9H2,1H3/t11?,12-/m1/s1. The lowest BCUT2D eigenvalue weighted by Gasteiger charge is -2.16. The van der Waals surface area contributed by atoms with E-state index in [-0.39, 0.29) is 0 Å². The Balaban J connectivity index is 1.97. The van der Waals surface area contributed by atoms with E-state index >= 15 is 0 Å². The molecule has 2 nitrogen and oxygen atoms in total. The minimum atomic E-state index is 0.384. The van der Waals surface area contributed by atoms with E-state index in [4.69, 9.17) is 4.74 Å². The molecule has 2 atom stereocenters. The monoisotopic (exact) mass is 191 g/mol. The minimum Gasteiger partial charge on any atom is -0.380 e. The fourth-order valence-electron chi connectivity index (χ4n) is 2.11. The third kappa shape index (κ3) is 2.14. The molecular weight excluding hydrogens is 174 g/mol. The molecule has 1 fully saturated rings. The van der Waals surface area contributed by atoms with Crippen LogP contribution in [0.2, 0.25) is 0 Å². The van der Waals surface area contributed by atoms with Gasteiger partial charge in [-0.05, 0) is 12.0 Å². The summed E-state index contributed by atoms with van der Waals surface area (Å²) in [5.41, 5.74) is 1.41. The molecule has 76 valence electrons. The zero-order valence-corrected chi connectivity index (χ0v) is 8.57. The van der Waals surface area contributed by atoms with Crippen molar-refractivity contribution in [2.45, 2.75) is 12.5 Å². The Hall–Kier alpha value is -0.860. The van der Waals surface area contributed by atoms with Crippen LogP contribution in [0.1, 0.15) is 5.56 Å². The molecule has 0 bridgehead atoms. The van der Waals surface area contributed by atoms with E-state index in [0.717, 1.165) is 19.5 Å². The van der Waals surface area contributed by atoms with Gasteiger partial charge in [-0.25, -0.2) is 0 Å². The summed E-state index contributed by atoms with van der Waals surface area (Å²) >= 11 is 0. The lowest BCUT2D eigenvalue weighted by Crippen LogP contribution is -2.22. The Labute approximate surface area is 85.3 Å². The van der Waals surface area contributed by atoms with E-state index in [1.165, 1.54) is 5.56 Å². The molecule has 1 unspecified atom stereocenters. The molecule has 1 aliphatic rings. The summed E-state index contributed by atoms with van der Waals surface area (Å²) in [6, 6.07) is 10.6. The van der Waals surface area contributed by atoms with Crippen LogP contribution < -0.4 is 5.32 Å². The third-order valence-corrected chi connectivity index (χ3v) is 2.92. The second kappa shape index (κ2) is 4.58. The first-order valence-electron chi connectivity index (χ1n) is 5.17. The van der Waals surface area contributed by atoms with Crippen LogP contribution in [0.3, 0.4) is 0 Å². The van der Waals surface area contributed by atoms with Gasteiger partial charge in [0.2, 0.25) is 0 Å². The van der Waals surface area contributed by atoms with Gasteiger partial charge in [-0.2, -0.15) is 0 Å². The molecule has 1 heterocycles. The number of rotatable bonds is 3. The topological polar surface area (TPSA) is 21.3 Å². The Morgan fingerprint density at radius 1 is 1.29 bits per heavy atom. The van der Waals surface area contributed by atoms with Crippen LogP contribution >= 0.6 is 0 Å². The molecule has 2 rings (SSSR count). The maximum Gasteiger partial charge on any atom is 0.0739 e.